The van der Waals surface area contributed by atoms with Crippen LogP contribution in [0.25, 0.3) is 0 Å². The van der Waals surface area contributed by atoms with Crippen molar-refractivity contribution in [1.29, 1.82) is 0 Å². The quantitative estimate of drug-likeness (QED) is 0.333. The number of anilines is 1. The highest BCUT2D eigenvalue weighted by molar-refractivity contribution is 6.18. The van der Waals surface area contributed by atoms with Gasteiger partial charge in [-0.2, -0.15) is 5.10 Å². The molecule has 1 aromatic rings. The van der Waals surface area contributed by atoms with E-state index in [4.69, 9.17) is 9.47 Å². The lowest BCUT2D eigenvalue weighted by molar-refractivity contribution is -0.146. The molecule has 0 fully saturated rings. The van der Waals surface area contributed by atoms with Crippen LogP contribution >= 0.6 is 0 Å². The highest BCUT2D eigenvalue weighted by atomic mass is 16.6. The van der Waals surface area contributed by atoms with E-state index < -0.39 is 11.9 Å². The van der Waals surface area contributed by atoms with E-state index in [1.165, 1.54) is 6.21 Å². The molecule has 0 unspecified atom stereocenters. The Morgan fingerprint density at radius 3 is 2.50 bits per heavy atom. The first-order chi connectivity index (χ1) is 9.67. The summed E-state index contributed by atoms with van der Waals surface area (Å²) in [5.41, 5.74) is -0.170. The van der Waals surface area contributed by atoms with Crippen molar-refractivity contribution in [1.82, 2.24) is 20.3 Å². The predicted molar refractivity (Wildman–Crippen MR) is 65.6 cm³/mol. The molecule has 0 bridgehead atoms. The molecule has 0 aromatic carbocycles. The Balaban J connectivity index is 2.37. The monoisotopic (exact) mass is 280 g/mol. The molecule has 10 heteroatoms. The molecule has 2 heterocycles. The Labute approximate surface area is 113 Å². The number of fused-ring (bicyclic) bond motifs is 1. The van der Waals surface area contributed by atoms with Crippen LogP contribution in [0.15, 0.2) is 16.4 Å². The first-order valence-electron chi connectivity index (χ1n) is 5.85. The van der Waals surface area contributed by atoms with Crippen LogP contribution in [0.4, 0.5) is 5.95 Å². The number of allylic oxidation sites excluding steroid dienone is 1. The van der Waals surface area contributed by atoms with Crippen LogP contribution < -0.4 is 5.32 Å². The molecule has 1 N–H and O–H groups in total. The number of nitrogens with one attached hydrogen (secondary N) is 1. The van der Waals surface area contributed by atoms with E-state index in [1.807, 2.05) is 0 Å². The van der Waals surface area contributed by atoms with Gasteiger partial charge in [-0.3, -0.25) is 0 Å². The third-order valence-electron chi connectivity index (χ3n) is 2.22. The van der Waals surface area contributed by atoms with Crippen LogP contribution in [-0.2, 0) is 19.1 Å². The summed E-state index contributed by atoms with van der Waals surface area (Å²) in [6.45, 7) is 3.52. The van der Waals surface area contributed by atoms with Crippen LogP contribution in [0.1, 0.15) is 13.8 Å². The van der Waals surface area contributed by atoms with Gasteiger partial charge in [-0.1, -0.05) is 9.89 Å². The van der Waals surface area contributed by atoms with E-state index in [0.29, 0.717) is 0 Å². The molecular formula is C10H12N6O4. The number of nitrogens with zero attached hydrogens (tertiary/aromatic N) is 5. The molecular weight excluding hydrogens is 268 g/mol. The molecule has 2 rings (SSSR count). The summed E-state index contributed by atoms with van der Waals surface area (Å²) >= 11 is 0. The lowest BCUT2D eigenvalue weighted by Crippen LogP contribution is -2.25. The minimum absolute atomic E-state index is 0.115. The maximum absolute atomic E-state index is 11.9. The van der Waals surface area contributed by atoms with Crippen molar-refractivity contribution in [3.63, 3.8) is 0 Å². The fourth-order valence-corrected chi connectivity index (χ4v) is 1.44. The first kappa shape index (κ1) is 13.6. The topological polar surface area (TPSA) is 121 Å². The number of tetrazole rings is 1. The summed E-state index contributed by atoms with van der Waals surface area (Å²) in [5.74, 6) is -1.43. The SMILES string of the molecule is CCOC(=O)C(C(=O)OCC)=C1C=Nn2nnnc2N1. The van der Waals surface area contributed by atoms with Gasteiger partial charge in [-0.05, 0) is 24.3 Å². The number of carbonyl (C=O) groups is 2. The van der Waals surface area contributed by atoms with Gasteiger partial charge in [-0.25, -0.2) is 9.59 Å². The fraction of sp³-hybridized carbons (Fsp3) is 0.400. The van der Waals surface area contributed by atoms with Gasteiger partial charge in [0.05, 0.1) is 25.1 Å². The van der Waals surface area contributed by atoms with Crippen LogP contribution in [0.2, 0.25) is 0 Å². The van der Waals surface area contributed by atoms with Gasteiger partial charge in [0.15, 0.2) is 5.57 Å². The van der Waals surface area contributed by atoms with Gasteiger partial charge >= 0.3 is 11.9 Å². The summed E-state index contributed by atoms with van der Waals surface area (Å²) < 4.78 is 9.67. The Hall–Kier alpha value is -2.78. The molecule has 20 heavy (non-hydrogen) atoms. The standard InChI is InChI=1S/C10H12N6O4/c1-3-19-8(17)7(9(18)20-4-2)6-5-11-16-10(12-6)13-14-15-16/h5H,3-4H2,1-2H3,(H,12,13,15). The van der Waals surface area contributed by atoms with Gasteiger partial charge in [-0.15, -0.1) is 0 Å². The summed E-state index contributed by atoms with van der Waals surface area (Å²) in [6, 6.07) is 0. The zero-order valence-corrected chi connectivity index (χ0v) is 10.9. The number of esters is 2. The molecule has 1 aromatic heterocycles. The van der Waals surface area contributed by atoms with Crippen molar-refractivity contribution in [2.75, 3.05) is 18.5 Å². The summed E-state index contributed by atoms with van der Waals surface area (Å²) in [6.07, 6.45) is 1.24. The summed E-state index contributed by atoms with van der Waals surface area (Å²) in [5, 5.41) is 17.2. The molecule has 0 radical (unpaired) electrons. The Kier molecular flexibility index (Phi) is 4.03. The molecule has 0 saturated heterocycles. The molecule has 0 aliphatic carbocycles. The molecule has 1 aliphatic rings. The van der Waals surface area contributed by atoms with Crippen molar-refractivity contribution in [3.05, 3.63) is 11.3 Å². The van der Waals surface area contributed by atoms with Gasteiger partial charge in [0, 0.05) is 0 Å². The fourth-order valence-electron chi connectivity index (χ4n) is 1.44. The average molecular weight is 280 g/mol. The minimum atomic E-state index is -0.805. The molecule has 106 valence electrons. The van der Waals surface area contributed by atoms with E-state index in [9.17, 15) is 9.59 Å². The van der Waals surface area contributed by atoms with Gasteiger partial charge in [0.25, 0.3) is 5.95 Å². The second kappa shape index (κ2) is 5.91. The second-order valence-corrected chi connectivity index (χ2v) is 3.49. The van der Waals surface area contributed by atoms with Crippen LogP contribution in [-0.4, -0.2) is 51.7 Å². The van der Waals surface area contributed by atoms with Crippen molar-refractivity contribution < 1.29 is 19.1 Å². The number of carbonyl (C=O) groups excluding carboxylic acids is 2. The number of hydrogen-bond donors (Lipinski definition) is 1. The summed E-state index contributed by atoms with van der Waals surface area (Å²) in [4.78, 5) is 24.8. The van der Waals surface area contributed by atoms with E-state index in [1.54, 1.807) is 13.8 Å². The number of rotatable bonds is 4. The summed E-state index contributed by atoms with van der Waals surface area (Å²) in [7, 11) is 0. The third-order valence-corrected chi connectivity index (χ3v) is 2.22. The third kappa shape index (κ3) is 2.63. The van der Waals surface area contributed by atoms with Gasteiger partial charge in [0.2, 0.25) is 0 Å². The number of aromatic nitrogens is 4. The lowest BCUT2D eigenvalue weighted by atomic mass is 10.2. The van der Waals surface area contributed by atoms with E-state index in [-0.39, 0.29) is 30.4 Å². The Bertz CT molecular complexity index is 570. The van der Waals surface area contributed by atoms with Crippen LogP contribution in [0, 0.1) is 0 Å². The molecule has 1 aliphatic heterocycles. The lowest BCUT2D eigenvalue weighted by Gasteiger charge is -2.13. The van der Waals surface area contributed by atoms with E-state index in [2.05, 4.69) is 25.9 Å². The van der Waals surface area contributed by atoms with Crippen LogP contribution in [0.3, 0.4) is 0 Å². The maximum atomic E-state index is 11.9. The molecule has 0 atom stereocenters. The Morgan fingerprint density at radius 2 is 1.90 bits per heavy atom. The zero-order valence-electron chi connectivity index (χ0n) is 10.9. The smallest absolute Gasteiger partial charge is 0.347 e. The van der Waals surface area contributed by atoms with Crippen LogP contribution in [0.5, 0.6) is 0 Å². The number of ether oxygens (including phenoxy) is 2. The van der Waals surface area contributed by atoms with Crippen molar-refractivity contribution in [2.45, 2.75) is 13.8 Å². The molecule has 10 nitrogen and oxygen atoms in total. The molecule has 0 amide bonds. The maximum Gasteiger partial charge on any atom is 0.347 e. The van der Waals surface area contributed by atoms with Gasteiger partial charge in [0.1, 0.15) is 0 Å². The highest BCUT2D eigenvalue weighted by Gasteiger charge is 2.28. The molecule has 0 saturated carbocycles. The zero-order chi connectivity index (χ0) is 14.5. The molecule has 0 spiro atoms. The normalized spacial score (nSPS) is 12.4. The predicted octanol–water partition coefficient (Wildman–Crippen LogP) is -0.687. The number of hydrogen-bond acceptors (Lipinski definition) is 9. The largest absolute Gasteiger partial charge is 0.462 e. The van der Waals surface area contributed by atoms with Gasteiger partial charge < -0.3 is 14.8 Å². The first-order valence-corrected chi connectivity index (χ1v) is 5.85. The van der Waals surface area contributed by atoms with Crippen molar-refractivity contribution in [3.8, 4) is 0 Å². The second-order valence-electron chi connectivity index (χ2n) is 3.49. The van der Waals surface area contributed by atoms with E-state index in [0.717, 1.165) is 4.79 Å². The van der Waals surface area contributed by atoms with Crippen molar-refractivity contribution in [2.24, 2.45) is 5.10 Å². The highest BCUT2D eigenvalue weighted by Crippen LogP contribution is 2.14. The minimum Gasteiger partial charge on any atom is -0.462 e. The average Bonchev–Trinajstić information content (AvgIpc) is 2.87. The van der Waals surface area contributed by atoms with Crippen molar-refractivity contribution >= 4 is 24.1 Å². The Morgan fingerprint density at radius 1 is 1.25 bits per heavy atom. The van der Waals surface area contributed by atoms with E-state index >= 15 is 0 Å².